The van der Waals surface area contributed by atoms with Crippen LogP contribution in [0.3, 0.4) is 0 Å². The number of hydrogen-bond acceptors (Lipinski definition) is 2. The Bertz CT molecular complexity index is 497. The molecule has 18 heavy (non-hydrogen) atoms. The van der Waals surface area contributed by atoms with Crippen LogP contribution >= 0.6 is 0 Å². The van der Waals surface area contributed by atoms with Gasteiger partial charge in [-0.15, -0.1) is 0 Å². The van der Waals surface area contributed by atoms with Gasteiger partial charge < -0.3 is 10.0 Å². The molecule has 0 spiro atoms. The second kappa shape index (κ2) is 4.83. The zero-order valence-electron chi connectivity index (χ0n) is 10.2. The highest BCUT2D eigenvalue weighted by Gasteiger charge is 2.39. The van der Waals surface area contributed by atoms with E-state index in [1.54, 1.807) is 0 Å². The molecule has 2 heteroatoms. The summed E-state index contributed by atoms with van der Waals surface area (Å²) in [5.41, 5.74) is 2.52. The minimum atomic E-state index is 0.253. The summed E-state index contributed by atoms with van der Waals surface area (Å²) in [6, 6.07) is 21.1. The van der Waals surface area contributed by atoms with E-state index in [-0.39, 0.29) is 6.61 Å². The van der Waals surface area contributed by atoms with Crippen molar-refractivity contribution in [1.29, 1.82) is 0 Å². The van der Waals surface area contributed by atoms with Gasteiger partial charge in [0.1, 0.15) is 0 Å². The molecule has 0 radical (unpaired) electrons. The maximum atomic E-state index is 9.46. The third-order valence-electron chi connectivity index (χ3n) is 3.68. The number of nitrogens with zero attached hydrogens (tertiary/aromatic N) is 1. The van der Waals surface area contributed by atoms with Gasteiger partial charge >= 0.3 is 0 Å². The van der Waals surface area contributed by atoms with Crippen molar-refractivity contribution in [3.63, 3.8) is 0 Å². The molecular formula is C16H17NO. The minimum Gasteiger partial charge on any atom is -0.396 e. The van der Waals surface area contributed by atoms with Gasteiger partial charge in [-0.2, -0.15) is 0 Å². The van der Waals surface area contributed by atoms with E-state index < -0.39 is 0 Å². The molecule has 0 saturated carbocycles. The van der Waals surface area contributed by atoms with E-state index in [9.17, 15) is 5.11 Å². The van der Waals surface area contributed by atoms with E-state index in [0.29, 0.717) is 12.0 Å². The molecule has 1 fully saturated rings. The van der Waals surface area contributed by atoms with E-state index in [2.05, 4.69) is 53.4 Å². The lowest BCUT2D eigenvalue weighted by Gasteiger charge is -2.49. The van der Waals surface area contributed by atoms with Crippen molar-refractivity contribution in [3.8, 4) is 0 Å². The molecule has 2 aromatic rings. The molecule has 2 atom stereocenters. The molecule has 1 heterocycles. The van der Waals surface area contributed by atoms with Crippen LogP contribution in [0.4, 0.5) is 5.69 Å². The molecular weight excluding hydrogens is 222 g/mol. The summed E-state index contributed by atoms with van der Waals surface area (Å²) in [6.07, 6.45) is 0. The number of aliphatic hydroxyl groups excluding tert-OH is 1. The molecule has 1 N–H and O–H groups in total. The van der Waals surface area contributed by atoms with E-state index >= 15 is 0 Å². The third-order valence-corrected chi connectivity index (χ3v) is 3.68. The monoisotopic (exact) mass is 239 g/mol. The highest BCUT2D eigenvalue weighted by molar-refractivity contribution is 5.52. The maximum absolute atomic E-state index is 9.46. The smallest absolute Gasteiger partial charge is 0.0609 e. The molecule has 1 saturated heterocycles. The van der Waals surface area contributed by atoms with Gasteiger partial charge in [0.05, 0.1) is 6.04 Å². The second-order valence-corrected chi connectivity index (χ2v) is 4.79. The Hall–Kier alpha value is -1.80. The van der Waals surface area contributed by atoms with Crippen molar-refractivity contribution in [2.45, 2.75) is 6.04 Å². The van der Waals surface area contributed by atoms with Gasteiger partial charge in [-0.25, -0.2) is 0 Å². The van der Waals surface area contributed by atoms with Crippen LogP contribution in [0.15, 0.2) is 60.7 Å². The first-order chi connectivity index (χ1) is 8.90. The molecule has 0 aromatic heterocycles. The van der Waals surface area contributed by atoms with Gasteiger partial charge in [0.15, 0.2) is 0 Å². The van der Waals surface area contributed by atoms with E-state index in [1.807, 2.05) is 12.1 Å². The van der Waals surface area contributed by atoms with Crippen LogP contribution in [0.2, 0.25) is 0 Å². The van der Waals surface area contributed by atoms with Crippen molar-refractivity contribution in [1.82, 2.24) is 0 Å². The summed E-state index contributed by atoms with van der Waals surface area (Å²) < 4.78 is 0. The van der Waals surface area contributed by atoms with Crippen molar-refractivity contribution >= 4 is 5.69 Å². The van der Waals surface area contributed by atoms with E-state index in [0.717, 1.165) is 6.54 Å². The maximum Gasteiger partial charge on any atom is 0.0609 e. The summed E-state index contributed by atoms with van der Waals surface area (Å²) >= 11 is 0. The predicted molar refractivity (Wildman–Crippen MR) is 73.5 cm³/mol. The Kier molecular flexibility index (Phi) is 3.03. The van der Waals surface area contributed by atoms with E-state index in [4.69, 9.17) is 0 Å². The van der Waals surface area contributed by atoms with Gasteiger partial charge in [0, 0.05) is 24.8 Å². The lowest BCUT2D eigenvalue weighted by Crippen LogP contribution is -2.51. The quantitative estimate of drug-likeness (QED) is 0.890. The fraction of sp³-hybridized carbons (Fsp3) is 0.250. The Morgan fingerprint density at radius 3 is 2.17 bits per heavy atom. The van der Waals surface area contributed by atoms with Crippen LogP contribution in [-0.4, -0.2) is 18.3 Å². The molecule has 1 aliphatic heterocycles. The Morgan fingerprint density at radius 2 is 1.56 bits per heavy atom. The first-order valence-electron chi connectivity index (χ1n) is 6.37. The van der Waals surface area contributed by atoms with Crippen LogP contribution in [0.25, 0.3) is 0 Å². The number of anilines is 1. The first kappa shape index (κ1) is 11.3. The van der Waals surface area contributed by atoms with Gasteiger partial charge in [0.2, 0.25) is 0 Å². The van der Waals surface area contributed by atoms with Crippen molar-refractivity contribution in [3.05, 3.63) is 66.2 Å². The van der Waals surface area contributed by atoms with Crippen molar-refractivity contribution in [2.75, 3.05) is 18.1 Å². The highest BCUT2D eigenvalue weighted by atomic mass is 16.3. The number of benzene rings is 2. The number of aliphatic hydroxyl groups is 1. The zero-order chi connectivity index (χ0) is 12.4. The average molecular weight is 239 g/mol. The van der Waals surface area contributed by atoms with Crippen LogP contribution in [0, 0.1) is 5.92 Å². The van der Waals surface area contributed by atoms with Gasteiger partial charge in [-0.1, -0.05) is 48.5 Å². The molecule has 3 rings (SSSR count). The zero-order valence-corrected chi connectivity index (χ0v) is 10.2. The SMILES string of the molecule is OCC1CN(c2ccccc2)C1c1ccccc1. The van der Waals surface area contributed by atoms with Crippen LogP contribution in [0.5, 0.6) is 0 Å². The number of para-hydroxylation sites is 1. The van der Waals surface area contributed by atoms with Gasteiger partial charge in [-0.05, 0) is 17.7 Å². The molecule has 0 bridgehead atoms. The molecule has 1 aliphatic rings. The van der Waals surface area contributed by atoms with Crippen LogP contribution < -0.4 is 4.90 Å². The normalized spacial score (nSPS) is 22.6. The van der Waals surface area contributed by atoms with Crippen molar-refractivity contribution in [2.24, 2.45) is 5.92 Å². The molecule has 0 amide bonds. The number of hydrogen-bond donors (Lipinski definition) is 1. The predicted octanol–water partition coefficient (Wildman–Crippen LogP) is 2.86. The molecule has 92 valence electrons. The molecule has 2 unspecified atom stereocenters. The molecule has 0 aliphatic carbocycles. The van der Waals surface area contributed by atoms with Gasteiger partial charge in [-0.3, -0.25) is 0 Å². The van der Waals surface area contributed by atoms with E-state index in [1.165, 1.54) is 11.3 Å². The van der Waals surface area contributed by atoms with Crippen molar-refractivity contribution < 1.29 is 5.11 Å². The van der Waals surface area contributed by atoms with Crippen LogP contribution in [0.1, 0.15) is 11.6 Å². The highest BCUT2D eigenvalue weighted by Crippen LogP contribution is 2.41. The summed E-state index contributed by atoms with van der Waals surface area (Å²) in [4.78, 5) is 2.36. The standard InChI is InChI=1S/C16H17NO/c18-12-14-11-17(15-9-5-2-6-10-15)16(14)13-7-3-1-4-8-13/h1-10,14,16,18H,11-12H2. The fourth-order valence-corrected chi connectivity index (χ4v) is 2.73. The summed E-state index contributed by atoms with van der Waals surface area (Å²) in [7, 11) is 0. The topological polar surface area (TPSA) is 23.5 Å². The lowest BCUT2D eigenvalue weighted by atomic mass is 9.83. The number of rotatable bonds is 3. The summed E-state index contributed by atoms with van der Waals surface area (Å²) in [5.74, 6) is 0.340. The summed E-state index contributed by atoms with van der Waals surface area (Å²) in [6.45, 7) is 1.18. The molecule has 2 aromatic carbocycles. The first-order valence-corrected chi connectivity index (χ1v) is 6.37. The Balaban J connectivity index is 1.89. The lowest BCUT2D eigenvalue weighted by molar-refractivity contribution is 0.158. The fourth-order valence-electron chi connectivity index (χ4n) is 2.73. The summed E-state index contributed by atoms with van der Waals surface area (Å²) in [5, 5.41) is 9.46. The largest absolute Gasteiger partial charge is 0.396 e. The Labute approximate surface area is 107 Å². The van der Waals surface area contributed by atoms with Crippen LogP contribution in [-0.2, 0) is 0 Å². The second-order valence-electron chi connectivity index (χ2n) is 4.79. The average Bonchev–Trinajstić information content (AvgIpc) is 2.41. The van der Waals surface area contributed by atoms with Gasteiger partial charge in [0.25, 0.3) is 0 Å². The Morgan fingerprint density at radius 1 is 0.944 bits per heavy atom. The third kappa shape index (κ3) is 1.89. The minimum absolute atomic E-state index is 0.253. The molecule has 2 nitrogen and oxygen atoms in total.